The lowest BCUT2D eigenvalue weighted by Gasteiger charge is -2.11. The first-order valence-corrected chi connectivity index (χ1v) is 10.4. The molecule has 1 aliphatic rings. The van der Waals surface area contributed by atoms with E-state index in [2.05, 4.69) is 4.57 Å². The number of thioether (sulfide) groups is 1. The Kier molecular flexibility index (Phi) is 5.42. The lowest BCUT2D eigenvalue weighted by Crippen LogP contribution is -2.33. The van der Waals surface area contributed by atoms with Gasteiger partial charge in [0.25, 0.3) is 11.1 Å². The molecule has 2 amide bonds. The molecule has 0 atom stereocenters. The van der Waals surface area contributed by atoms with Gasteiger partial charge in [-0.3, -0.25) is 19.3 Å². The van der Waals surface area contributed by atoms with Gasteiger partial charge in [0.15, 0.2) is 5.78 Å². The summed E-state index contributed by atoms with van der Waals surface area (Å²) in [5.41, 5.74) is 4.39. The number of para-hydroxylation sites is 1. The van der Waals surface area contributed by atoms with Gasteiger partial charge in [0.2, 0.25) is 0 Å². The SMILES string of the molecule is Cc1cc(/C=C2/SC(=O)N(CC(=O)c3ccccc3)C2=O)c(C)n1-c1ccccc1. The molecule has 30 heavy (non-hydrogen) atoms. The number of hydrogen-bond acceptors (Lipinski definition) is 4. The number of imide groups is 1. The molecule has 4 rings (SSSR count). The van der Waals surface area contributed by atoms with Gasteiger partial charge in [-0.05, 0) is 55.4 Å². The first-order valence-electron chi connectivity index (χ1n) is 9.53. The highest BCUT2D eigenvalue weighted by atomic mass is 32.2. The maximum absolute atomic E-state index is 12.8. The molecule has 150 valence electrons. The van der Waals surface area contributed by atoms with Crippen molar-refractivity contribution in [1.29, 1.82) is 0 Å². The van der Waals surface area contributed by atoms with E-state index in [1.807, 2.05) is 56.3 Å². The second kappa shape index (κ2) is 8.16. The molecule has 0 spiro atoms. The second-order valence-corrected chi connectivity index (χ2v) is 8.05. The molecule has 2 aromatic carbocycles. The second-order valence-electron chi connectivity index (χ2n) is 7.05. The summed E-state index contributed by atoms with van der Waals surface area (Å²) in [7, 11) is 0. The molecule has 1 aromatic heterocycles. The molecule has 1 saturated heterocycles. The third-order valence-corrected chi connectivity index (χ3v) is 5.95. The number of carbonyl (C=O) groups is 3. The van der Waals surface area contributed by atoms with Crippen LogP contribution in [-0.2, 0) is 4.79 Å². The number of rotatable bonds is 5. The third-order valence-electron chi connectivity index (χ3n) is 5.04. The first kappa shape index (κ1) is 19.9. The van der Waals surface area contributed by atoms with Crippen LogP contribution >= 0.6 is 11.8 Å². The zero-order chi connectivity index (χ0) is 21.3. The van der Waals surface area contributed by atoms with Crippen molar-refractivity contribution in [2.24, 2.45) is 0 Å². The van der Waals surface area contributed by atoms with Gasteiger partial charge in [-0.1, -0.05) is 48.5 Å². The van der Waals surface area contributed by atoms with Gasteiger partial charge in [-0.25, -0.2) is 0 Å². The maximum Gasteiger partial charge on any atom is 0.293 e. The highest BCUT2D eigenvalue weighted by Gasteiger charge is 2.36. The van der Waals surface area contributed by atoms with Crippen LogP contribution in [0.1, 0.15) is 27.3 Å². The number of Topliss-reactive ketones (excluding diaryl/α,β-unsaturated/α-hetero) is 1. The van der Waals surface area contributed by atoms with Gasteiger partial charge in [0.1, 0.15) is 0 Å². The number of carbonyl (C=O) groups excluding carboxylic acids is 3. The van der Waals surface area contributed by atoms with E-state index in [-0.39, 0.29) is 12.3 Å². The van der Waals surface area contributed by atoms with Crippen molar-refractivity contribution in [2.75, 3.05) is 6.54 Å². The maximum atomic E-state index is 12.8. The Morgan fingerprint density at radius 3 is 2.27 bits per heavy atom. The van der Waals surface area contributed by atoms with Crippen molar-refractivity contribution < 1.29 is 14.4 Å². The summed E-state index contributed by atoms with van der Waals surface area (Å²) in [5.74, 6) is -0.694. The van der Waals surface area contributed by atoms with E-state index in [1.54, 1.807) is 30.3 Å². The Morgan fingerprint density at radius 2 is 1.60 bits per heavy atom. The highest BCUT2D eigenvalue weighted by Crippen LogP contribution is 2.33. The first-order chi connectivity index (χ1) is 14.5. The number of aryl methyl sites for hydroxylation is 1. The standard InChI is InChI=1S/C24H20N2O3S/c1-16-13-19(17(2)26(16)20-11-7-4-8-12-20)14-22-23(28)25(24(29)30-22)15-21(27)18-9-5-3-6-10-18/h3-14H,15H2,1-2H3/b22-14+. The van der Waals surface area contributed by atoms with Crippen molar-refractivity contribution in [2.45, 2.75) is 13.8 Å². The number of benzene rings is 2. The molecule has 0 radical (unpaired) electrons. The fraction of sp³-hybridized carbons (Fsp3) is 0.125. The van der Waals surface area contributed by atoms with Crippen LogP contribution in [0, 0.1) is 13.8 Å². The Morgan fingerprint density at radius 1 is 0.967 bits per heavy atom. The molecule has 1 fully saturated rings. The van der Waals surface area contributed by atoms with Crippen molar-refractivity contribution in [3.05, 3.63) is 94.1 Å². The van der Waals surface area contributed by atoms with Crippen molar-refractivity contribution >= 4 is 34.8 Å². The molecule has 0 aliphatic carbocycles. The summed E-state index contributed by atoms with van der Waals surface area (Å²) in [4.78, 5) is 39.0. The van der Waals surface area contributed by atoms with Gasteiger partial charge in [-0.15, -0.1) is 0 Å². The summed E-state index contributed by atoms with van der Waals surface area (Å²) in [6.07, 6.45) is 1.74. The van der Waals surface area contributed by atoms with E-state index in [9.17, 15) is 14.4 Å². The summed E-state index contributed by atoms with van der Waals surface area (Å²) in [6.45, 7) is 3.73. The molecule has 3 aromatic rings. The van der Waals surface area contributed by atoms with E-state index in [0.29, 0.717) is 10.5 Å². The Hall–Kier alpha value is -3.38. The topological polar surface area (TPSA) is 59.4 Å². The zero-order valence-corrected chi connectivity index (χ0v) is 17.5. The van der Waals surface area contributed by atoms with Crippen LogP contribution < -0.4 is 0 Å². The fourth-order valence-corrected chi connectivity index (χ4v) is 4.37. The predicted molar refractivity (Wildman–Crippen MR) is 119 cm³/mol. The lowest BCUT2D eigenvalue weighted by atomic mass is 10.1. The quantitative estimate of drug-likeness (QED) is 0.433. The molecular formula is C24H20N2O3S. The van der Waals surface area contributed by atoms with Gasteiger partial charge >= 0.3 is 0 Å². The number of amides is 2. The van der Waals surface area contributed by atoms with Gasteiger partial charge in [0.05, 0.1) is 11.4 Å². The van der Waals surface area contributed by atoms with Crippen molar-refractivity contribution in [3.8, 4) is 5.69 Å². The van der Waals surface area contributed by atoms with E-state index in [1.165, 1.54) is 0 Å². The monoisotopic (exact) mass is 416 g/mol. The summed E-state index contributed by atoms with van der Waals surface area (Å²) >= 11 is 0.870. The molecule has 1 aliphatic heterocycles. The molecule has 6 heteroatoms. The lowest BCUT2D eigenvalue weighted by molar-refractivity contribution is -0.122. The average Bonchev–Trinajstić information content (AvgIpc) is 3.18. The van der Waals surface area contributed by atoms with Gasteiger partial charge < -0.3 is 4.57 Å². The highest BCUT2D eigenvalue weighted by molar-refractivity contribution is 8.18. The van der Waals surface area contributed by atoms with Gasteiger partial charge in [0, 0.05) is 22.6 Å². The Labute approximate surface area is 179 Å². The molecule has 0 saturated carbocycles. The third kappa shape index (κ3) is 3.74. The summed E-state index contributed by atoms with van der Waals surface area (Å²) in [5, 5.41) is -0.424. The van der Waals surface area contributed by atoms with Crippen LogP contribution in [0.2, 0.25) is 0 Å². The molecule has 0 unspecified atom stereocenters. The molecule has 0 N–H and O–H groups in total. The van der Waals surface area contributed by atoms with Crippen LogP contribution in [0.3, 0.4) is 0 Å². The molecule has 0 bridgehead atoms. The van der Waals surface area contributed by atoms with E-state index >= 15 is 0 Å². The largest absolute Gasteiger partial charge is 0.318 e. The minimum atomic E-state index is -0.432. The number of ketones is 1. The summed E-state index contributed by atoms with van der Waals surface area (Å²) < 4.78 is 2.11. The smallest absolute Gasteiger partial charge is 0.293 e. The normalized spacial score (nSPS) is 15.3. The van der Waals surface area contributed by atoms with Crippen molar-refractivity contribution in [3.63, 3.8) is 0 Å². The number of nitrogens with zero attached hydrogens (tertiary/aromatic N) is 2. The number of aromatic nitrogens is 1. The predicted octanol–water partition coefficient (Wildman–Crippen LogP) is 5.01. The molecular weight excluding hydrogens is 396 g/mol. The minimum absolute atomic E-state index is 0.255. The average molecular weight is 417 g/mol. The van der Waals surface area contributed by atoms with Crippen LogP contribution in [0.25, 0.3) is 11.8 Å². The van der Waals surface area contributed by atoms with Crippen molar-refractivity contribution in [1.82, 2.24) is 9.47 Å². The van der Waals surface area contributed by atoms with Gasteiger partial charge in [-0.2, -0.15) is 0 Å². The van der Waals surface area contributed by atoms with Crippen LogP contribution in [0.4, 0.5) is 4.79 Å². The zero-order valence-electron chi connectivity index (χ0n) is 16.7. The fourth-order valence-electron chi connectivity index (χ4n) is 3.54. The Balaban J connectivity index is 1.59. The number of hydrogen-bond donors (Lipinski definition) is 0. The van der Waals surface area contributed by atoms with E-state index in [4.69, 9.17) is 0 Å². The Bertz CT molecular complexity index is 1160. The van der Waals surface area contributed by atoms with Crippen LogP contribution in [0.5, 0.6) is 0 Å². The summed E-state index contributed by atoms with van der Waals surface area (Å²) in [6, 6.07) is 20.6. The van der Waals surface area contributed by atoms with Crippen LogP contribution in [0.15, 0.2) is 71.6 Å². The van der Waals surface area contributed by atoms with E-state index < -0.39 is 11.1 Å². The van der Waals surface area contributed by atoms with E-state index in [0.717, 1.165) is 39.3 Å². The molecule has 2 heterocycles. The minimum Gasteiger partial charge on any atom is -0.318 e. The molecule has 5 nitrogen and oxygen atoms in total. The van der Waals surface area contributed by atoms with Crippen LogP contribution in [-0.4, -0.2) is 32.9 Å².